The Labute approximate surface area is 98.7 Å². The molecule has 1 aliphatic rings. The lowest BCUT2D eigenvalue weighted by Crippen LogP contribution is -2.38. The van der Waals surface area contributed by atoms with Crippen LogP contribution in [-0.4, -0.2) is 26.2 Å². The zero-order chi connectivity index (χ0) is 11.6. The first-order chi connectivity index (χ1) is 7.59. The second-order valence-electron chi connectivity index (χ2n) is 5.33. The lowest BCUT2D eigenvalue weighted by atomic mass is 9.91. The first-order valence-electron chi connectivity index (χ1n) is 6.10. The normalized spacial score (nSPS) is 24.7. The van der Waals surface area contributed by atoms with Crippen molar-refractivity contribution in [1.29, 1.82) is 0 Å². The number of rotatable bonds is 3. The Balaban J connectivity index is 2.05. The molecule has 1 N–H and O–H groups in total. The highest BCUT2D eigenvalue weighted by molar-refractivity contribution is 5.46. The zero-order valence-electron chi connectivity index (χ0n) is 10.6. The average Bonchev–Trinajstić information content (AvgIpc) is 2.65. The van der Waals surface area contributed by atoms with Gasteiger partial charge in [-0.05, 0) is 50.4 Å². The van der Waals surface area contributed by atoms with E-state index < -0.39 is 0 Å². The van der Waals surface area contributed by atoms with Crippen molar-refractivity contribution in [3.05, 3.63) is 29.8 Å². The van der Waals surface area contributed by atoms with Crippen molar-refractivity contribution >= 4 is 5.69 Å². The maximum Gasteiger partial charge on any atom is 0.0361 e. The molecule has 1 aliphatic heterocycles. The molecule has 0 saturated carbocycles. The Morgan fingerprint density at radius 3 is 2.44 bits per heavy atom. The molecule has 0 bridgehead atoms. The van der Waals surface area contributed by atoms with Gasteiger partial charge in [0, 0.05) is 25.3 Å². The molecule has 1 aromatic carbocycles. The molecule has 1 saturated heterocycles. The molecule has 1 aromatic rings. The average molecular weight is 218 g/mol. The molecular formula is C14H22N2. The van der Waals surface area contributed by atoms with Gasteiger partial charge in [0.1, 0.15) is 0 Å². The first-order valence-corrected chi connectivity index (χ1v) is 6.10. The Hall–Kier alpha value is -1.02. The molecule has 2 heteroatoms. The lowest BCUT2D eigenvalue weighted by molar-refractivity contribution is 0.412. The van der Waals surface area contributed by atoms with Crippen LogP contribution in [0, 0.1) is 0 Å². The fourth-order valence-corrected chi connectivity index (χ4v) is 2.47. The van der Waals surface area contributed by atoms with Crippen LogP contribution in [0.25, 0.3) is 0 Å². The van der Waals surface area contributed by atoms with Crippen LogP contribution in [-0.2, 0) is 6.42 Å². The SMILES string of the molecule is CN(C)c1ccc(CC2(C)CCCN2)cc1. The minimum atomic E-state index is 0.319. The van der Waals surface area contributed by atoms with Gasteiger partial charge in [-0.25, -0.2) is 0 Å². The van der Waals surface area contributed by atoms with Crippen LogP contribution >= 0.6 is 0 Å². The van der Waals surface area contributed by atoms with E-state index in [1.165, 1.54) is 30.6 Å². The van der Waals surface area contributed by atoms with Gasteiger partial charge < -0.3 is 10.2 Å². The summed E-state index contributed by atoms with van der Waals surface area (Å²) in [6, 6.07) is 8.91. The third kappa shape index (κ3) is 2.56. The maximum atomic E-state index is 3.61. The molecule has 0 aliphatic carbocycles. The number of anilines is 1. The van der Waals surface area contributed by atoms with Crippen LogP contribution in [0.4, 0.5) is 5.69 Å². The molecule has 1 atom stereocenters. The Bertz CT molecular complexity index is 334. The van der Waals surface area contributed by atoms with Gasteiger partial charge >= 0.3 is 0 Å². The van der Waals surface area contributed by atoms with Crippen molar-refractivity contribution in [1.82, 2.24) is 5.32 Å². The van der Waals surface area contributed by atoms with Crippen LogP contribution in [0.3, 0.4) is 0 Å². The van der Waals surface area contributed by atoms with E-state index in [4.69, 9.17) is 0 Å². The maximum absolute atomic E-state index is 3.61. The standard InChI is InChI=1S/C14H22N2/c1-14(9-4-10-15-14)11-12-5-7-13(8-6-12)16(2)3/h5-8,15H,4,9-11H2,1-3H3. The van der Waals surface area contributed by atoms with Gasteiger partial charge in [-0.3, -0.25) is 0 Å². The largest absolute Gasteiger partial charge is 0.378 e. The molecule has 2 rings (SSSR count). The molecule has 0 amide bonds. The van der Waals surface area contributed by atoms with Gasteiger partial charge in [0.25, 0.3) is 0 Å². The van der Waals surface area contributed by atoms with Crippen molar-refractivity contribution in [2.75, 3.05) is 25.5 Å². The van der Waals surface area contributed by atoms with Crippen LogP contribution in [0.2, 0.25) is 0 Å². The van der Waals surface area contributed by atoms with Gasteiger partial charge in [-0.2, -0.15) is 0 Å². The Kier molecular flexibility index (Phi) is 3.20. The highest BCUT2D eigenvalue weighted by Crippen LogP contribution is 2.24. The highest BCUT2D eigenvalue weighted by atomic mass is 15.1. The summed E-state index contributed by atoms with van der Waals surface area (Å²) in [6.45, 7) is 3.51. The molecule has 1 unspecified atom stereocenters. The van der Waals surface area contributed by atoms with E-state index in [2.05, 4.69) is 55.5 Å². The Morgan fingerprint density at radius 2 is 1.94 bits per heavy atom. The predicted molar refractivity (Wildman–Crippen MR) is 70.1 cm³/mol. The second-order valence-corrected chi connectivity index (χ2v) is 5.33. The molecule has 0 aromatic heterocycles. The van der Waals surface area contributed by atoms with Gasteiger partial charge in [-0.15, -0.1) is 0 Å². The third-order valence-corrected chi connectivity index (χ3v) is 3.50. The minimum Gasteiger partial charge on any atom is -0.378 e. The molecule has 16 heavy (non-hydrogen) atoms. The summed E-state index contributed by atoms with van der Waals surface area (Å²) in [5.74, 6) is 0. The molecule has 1 fully saturated rings. The summed E-state index contributed by atoms with van der Waals surface area (Å²) >= 11 is 0. The van der Waals surface area contributed by atoms with E-state index in [-0.39, 0.29) is 0 Å². The van der Waals surface area contributed by atoms with E-state index in [0.717, 1.165) is 6.42 Å². The van der Waals surface area contributed by atoms with E-state index >= 15 is 0 Å². The van der Waals surface area contributed by atoms with E-state index in [0.29, 0.717) is 5.54 Å². The minimum absolute atomic E-state index is 0.319. The number of hydrogen-bond acceptors (Lipinski definition) is 2. The second kappa shape index (κ2) is 4.46. The smallest absolute Gasteiger partial charge is 0.0361 e. The molecule has 1 heterocycles. The fourth-order valence-electron chi connectivity index (χ4n) is 2.47. The van der Waals surface area contributed by atoms with Crippen LogP contribution in [0.1, 0.15) is 25.3 Å². The highest BCUT2D eigenvalue weighted by Gasteiger charge is 2.27. The van der Waals surface area contributed by atoms with Crippen molar-refractivity contribution in [3.8, 4) is 0 Å². The monoisotopic (exact) mass is 218 g/mol. The zero-order valence-corrected chi connectivity index (χ0v) is 10.6. The summed E-state index contributed by atoms with van der Waals surface area (Å²) in [7, 11) is 4.16. The number of nitrogens with zero attached hydrogens (tertiary/aromatic N) is 1. The lowest BCUT2D eigenvalue weighted by Gasteiger charge is -2.24. The molecular weight excluding hydrogens is 196 g/mol. The quantitative estimate of drug-likeness (QED) is 0.838. The summed E-state index contributed by atoms with van der Waals surface area (Å²) in [6.07, 6.45) is 3.75. The number of nitrogens with one attached hydrogen (secondary N) is 1. The molecule has 0 radical (unpaired) electrons. The fraction of sp³-hybridized carbons (Fsp3) is 0.571. The molecule has 88 valence electrons. The molecule has 2 nitrogen and oxygen atoms in total. The summed E-state index contributed by atoms with van der Waals surface area (Å²) in [4.78, 5) is 2.14. The van der Waals surface area contributed by atoms with Gasteiger partial charge in [0.05, 0.1) is 0 Å². The summed E-state index contributed by atoms with van der Waals surface area (Å²) < 4.78 is 0. The van der Waals surface area contributed by atoms with Crippen LogP contribution in [0.5, 0.6) is 0 Å². The molecule has 0 spiro atoms. The van der Waals surface area contributed by atoms with Crippen molar-refractivity contribution in [2.45, 2.75) is 31.7 Å². The van der Waals surface area contributed by atoms with Crippen molar-refractivity contribution < 1.29 is 0 Å². The van der Waals surface area contributed by atoms with Crippen LogP contribution in [0.15, 0.2) is 24.3 Å². The van der Waals surface area contributed by atoms with Crippen molar-refractivity contribution in [2.24, 2.45) is 0 Å². The third-order valence-electron chi connectivity index (χ3n) is 3.50. The van der Waals surface area contributed by atoms with Gasteiger partial charge in [-0.1, -0.05) is 12.1 Å². The van der Waals surface area contributed by atoms with Crippen molar-refractivity contribution in [3.63, 3.8) is 0 Å². The summed E-state index contributed by atoms with van der Waals surface area (Å²) in [5.41, 5.74) is 3.02. The summed E-state index contributed by atoms with van der Waals surface area (Å²) in [5, 5.41) is 3.61. The van der Waals surface area contributed by atoms with Crippen LogP contribution < -0.4 is 10.2 Å². The predicted octanol–water partition coefficient (Wildman–Crippen LogP) is 2.44. The van der Waals surface area contributed by atoms with Gasteiger partial charge in [0.15, 0.2) is 0 Å². The van der Waals surface area contributed by atoms with E-state index in [9.17, 15) is 0 Å². The Morgan fingerprint density at radius 1 is 1.25 bits per heavy atom. The van der Waals surface area contributed by atoms with Gasteiger partial charge in [0.2, 0.25) is 0 Å². The van der Waals surface area contributed by atoms with E-state index in [1.54, 1.807) is 0 Å². The van der Waals surface area contributed by atoms with E-state index in [1.807, 2.05) is 0 Å². The number of benzene rings is 1. The topological polar surface area (TPSA) is 15.3 Å². The number of hydrogen-bond donors (Lipinski definition) is 1. The first kappa shape index (κ1) is 11.5.